The van der Waals surface area contributed by atoms with E-state index in [1.807, 2.05) is 12.3 Å². The van der Waals surface area contributed by atoms with Gasteiger partial charge in [-0.25, -0.2) is 9.97 Å². The molecule has 2 nitrogen and oxygen atoms in total. The van der Waals surface area contributed by atoms with E-state index in [1.165, 1.54) is 0 Å². The molecule has 0 saturated heterocycles. The molecule has 0 aliphatic rings. The molecule has 1 rings (SSSR count). The van der Waals surface area contributed by atoms with E-state index in [1.54, 1.807) is 11.8 Å². The third kappa shape index (κ3) is 2.50. The number of hydrogen-bond acceptors (Lipinski definition) is 3. The second-order valence-corrected chi connectivity index (χ2v) is 4.48. The molecule has 0 saturated carbocycles. The minimum atomic E-state index is 0.844. The monoisotopic (exact) mass is 378 g/mol. The molecule has 0 radical (unpaired) electrons. The van der Waals surface area contributed by atoms with E-state index in [4.69, 9.17) is 0 Å². The van der Waals surface area contributed by atoms with Crippen LogP contribution in [0.5, 0.6) is 0 Å². The Hall–Kier alpha value is 0.890. The fraction of sp³-hybridized carbons (Fsp3) is 0.200. The third-order valence-electron chi connectivity index (χ3n) is 0.826. The molecule has 0 aliphatic carbocycles. The van der Waals surface area contributed by atoms with Crippen molar-refractivity contribution in [1.82, 2.24) is 9.97 Å². The summed E-state index contributed by atoms with van der Waals surface area (Å²) in [7, 11) is 0. The molecule has 0 spiro atoms. The lowest BCUT2D eigenvalue weighted by atomic mass is 10.7. The van der Waals surface area contributed by atoms with Crippen LogP contribution in [0, 0.1) is 7.40 Å². The van der Waals surface area contributed by atoms with Gasteiger partial charge in [-0.3, -0.25) is 0 Å². The van der Waals surface area contributed by atoms with E-state index in [2.05, 4.69) is 55.1 Å². The van der Waals surface area contributed by atoms with Crippen LogP contribution < -0.4 is 0 Å². The van der Waals surface area contributed by atoms with Gasteiger partial charge in [0.1, 0.15) is 7.40 Å². The minimum absolute atomic E-state index is 0.844. The maximum Gasteiger partial charge on any atom is 0.189 e. The van der Waals surface area contributed by atoms with E-state index in [9.17, 15) is 0 Å². The van der Waals surface area contributed by atoms with E-state index >= 15 is 0 Å². The van der Waals surface area contributed by atoms with Crippen LogP contribution in [0.25, 0.3) is 0 Å². The maximum atomic E-state index is 4.19. The normalized spacial score (nSPS) is 9.90. The first-order chi connectivity index (χ1) is 4.72. The number of thioether (sulfide) groups is 1. The smallest absolute Gasteiger partial charge is 0.189 e. The third-order valence-corrected chi connectivity index (χ3v) is 2.48. The standard InChI is InChI=1S/C5H4I2N2S/c1-10-5-8-3(6)2-4(7)9-5/h2H,1H3. The van der Waals surface area contributed by atoms with Crippen molar-refractivity contribution in [2.45, 2.75) is 5.16 Å². The minimum Gasteiger partial charge on any atom is -0.216 e. The molecule has 1 heterocycles. The first-order valence-corrected chi connectivity index (χ1v) is 5.84. The Morgan fingerprint density at radius 2 is 1.80 bits per heavy atom. The van der Waals surface area contributed by atoms with Crippen molar-refractivity contribution in [2.24, 2.45) is 0 Å². The molecule has 1 aromatic heterocycles. The van der Waals surface area contributed by atoms with Crippen molar-refractivity contribution in [3.05, 3.63) is 13.5 Å². The summed E-state index contributed by atoms with van der Waals surface area (Å²) in [6.07, 6.45) is 1.97. The Balaban J connectivity index is 3.06. The Labute approximate surface area is 90.9 Å². The molecular formula is C5H4I2N2S. The zero-order chi connectivity index (χ0) is 7.56. The summed E-state index contributed by atoms with van der Waals surface area (Å²) in [5.74, 6) is 0. The van der Waals surface area contributed by atoms with E-state index in [0.717, 1.165) is 12.6 Å². The van der Waals surface area contributed by atoms with Crippen LogP contribution in [0.15, 0.2) is 11.2 Å². The Morgan fingerprint density at radius 1 is 1.30 bits per heavy atom. The molecule has 1 aromatic rings. The fourth-order valence-corrected chi connectivity index (χ4v) is 2.81. The van der Waals surface area contributed by atoms with Gasteiger partial charge in [0, 0.05) is 6.07 Å². The molecule has 0 N–H and O–H groups in total. The fourth-order valence-electron chi connectivity index (χ4n) is 0.462. The summed E-state index contributed by atoms with van der Waals surface area (Å²) in [5.41, 5.74) is 0. The topological polar surface area (TPSA) is 25.8 Å². The molecular weight excluding hydrogens is 374 g/mol. The van der Waals surface area contributed by atoms with Gasteiger partial charge in [-0.2, -0.15) is 0 Å². The molecule has 0 amide bonds. The van der Waals surface area contributed by atoms with Crippen LogP contribution in [0.2, 0.25) is 0 Å². The highest BCUT2D eigenvalue weighted by Gasteiger charge is 1.97. The SMILES string of the molecule is CSc1nc(I)cc(I)n1. The van der Waals surface area contributed by atoms with Gasteiger partial charge < -0.3 is 0 Å². The molecule has 0 aliphatic heterocycles. The average Bonchev–Trinajstić information content (AvgIpc) is 1.85. The summed E-state index contributed by atoms with van der Waals surface area (Å²) >= 11 is 5.94. The summed E-state index contributed by atoms with van der Waals surface area (Å²) in [6, 6.07) is 1.95. The number of aromatic nitrogens is 2. The average molecular weight is 378 g/mol. The lowest BCUT2D eigenvalue weighted by molar-refractivity contribution is 0.929. The van der Waals surface area contributed by atoms with Crippen LogP contribution in [-0.4, -0.2) is 16.2 Å². The van der Waals surface area contributed by atoms with Crippen molar-refractivity contribution in [3.63, 3.8) is 0 Å². The predicted octanol–water partition coefficient (Wildman–Crippen LogP) is 2.41. The molecule has 0 fully saturated rings. The largest absolute Gasteiger partial charge is 0.216 e. The molecule has 0 atom stereocenters. The van der Waals surface area contributed by atoms with Crippen LogP contribution in [-0.2, 0) is 0 Å². The summed E-state index contributed by atoms with van der Waals surface area (Å²) < 4.78 is 2.00. The lowest BCUT2D eigenvalue weighted by Crippen LogP contribution is -1.90. The van der Waals surface area contributed by atoms with E-state index in [-0.39, 0.29) is 0 Å². The van der Waals surface area contributed by atoms with Gasteiger partial charge in [0.25, 0.3) is 0 Å². The number of nitrogens with zero attached hydrogens (tertiary/aromatic N) is 2. The van der Waals surface area contributed by atoms with Crippen LogP contribution in [0.1, 0.15) is 0 Å². The summed E-state index contributed by atoms with van der Waals surface area (Å²) in [5, 5.41) is 0.844. The quantitative estimate of drug-likeness (QED) is 0.325. The van der Waals surface area contributed by atoms with Gasteiger partial charge in [0.15, 0.2) is 5.16 Å². The number of halogens is 2. The van der Waals surface area contributed by atoms with Crippen molar-refractivity contribution in [3.8, 4) is 0 Å². The zero-order valence-electron chi connectivity index (χ0n) is 5.14. The van der Waals surface area contributed by atoms with Gasteiger partial charge in [-0.1, -0.05) is 11.8 Å². The Morgan fingerprint density at radius 3 is 2.20 bits per heavy atom. The molecule has 10 heavy (non-hydrogen) atoms. The summed E-state index contributed by atoms with van der Waals surface area (Å²) in [6.45, 7) is 0. The lowest BCUT2D eigenvalue weighted by Gasteiger charge is -1.95. The molecule has 5 heteroatoms. The van der Waals surface area contributed by atoms with Crippen LogP contribution in [0.3, 0.4) is 0 Å². The van der Waals surface area contributed by atoms with Crippen molar-refractivity contribution in [1.29, 1.82) is 0 Å². The first-order valence-electron chi connectivity index (χ1n) is 2.46. The second-order valence-electron chi connectivity index (χ2n) is 1.50. The highest BCUT2D eigenvalue weighted by Crippen LogP contribution is 2.12. The predicted molar refractivity (Wildman–Crippen MR) is 59.2 cm³/mol. The van der Waals surface area contributed by atoms with Crippen molar-refractivity contribution in [2.75, 3.05) is 6.26 Å². The number of hydrogen-bond donors (Lipinski definition) is 0. The zero-order valence-corrected chi connectivity index (χ0v) is 10.3. The van der Waals surface area contributed by atoms with Gasteiger partial charge >= 0.3 is 0 Å². The van der Waals surface area contributed by atoms with Crippen LogP contribution >= 0.6 is 56.9 Å². The number of rotatable bonds is 1. The Bertz CT molecular complexity index is 221. The van der Waals surface area contributed by atoms with Gasteiger partial charge in [0.05, 0.1) is 0 Å². The van der Waals surface area contributed by atoms with Crippen molar-refractivity contribution < 1.29 is 0 Å². The van der Waals surface area contributed by atoms with Gasteiger partial charge in [-0.15, -0.1) is 0 Å². The molecule has 0 aromatic carbocycles. The highest BCUT2D eigenvalue weighted by molar-refractivity contribution is 14.1. The van der Waals surface area contributed by atoms with Gasteiger partial charge in [0.2, 0.25) is 0 Å². The molecule has 0 unspecified atom stereocenters. The Kier molecular flexibility index (Phi) is 3.64. The highest BCUT2D eigenvalue weighted by atomic mass is 127. The van der Waals surface area contributed by atoms with E-state index < -0.39 is 0 Å². The van der Waals surface area contributed by atoms with Crippen LogP contribution in [0.4, 0.5) is 0 Å². The van der Waals surface area contributed by atoms with Crippen molar-refractivity contribution >= 4 is 56.9 Å². The molecule has 0 bridgehead atoms. The maximum absolute atomic E-state index is 4.19. The van der Waals surface area contributed by atoms with Gasteiger partial charge in [-0.05, 0) is 51.4 Å². The molecule has 54 valence electrons. The summed E-state index contributed by atoms with van der Waals surface area (Å²) in [4.78, 5) is 8.37. The first kappa shape index (κ1) is 8.98. The van der Waals surface area contributed by atoms with E-state index in [0.29, 0.717) is 0 Å². The second kappa shape index (κ2) is 4.05.